The number of benzene rings is 1. The number of hydrogen-bond donors (Lipinski definition) is 2. The van der Waals surface area contributed by atoms with Crippen LogP contribution < -0.4 is 10.6 Å². The van der Waals surface area contributed by atoms with Crippen LogP contribution in [-0.4, -0.2) is 25.9 Å². The summed E-state index contributed by atoms with van der Waals surface area (Å²) < 4.78 is 2.35. The molecule has 1 aromatic rings. The number of carbonyl (C=O) groups is 2. The van der Waals surface area contributed by atoms with Gasteiger partial charge >= 0.3 is 0 Å². The lowest BCUT2D eigenvalue weighted by Gasteiger charge is -2.12. The largest absolute Gasteiger partial charge is 0.355 e. The molecule has 0 spiro atoms. The fourth-order valence-corrected chi connectivity index (χ4v) is 5.61. The minimum atomic E-state index is -0.180. The lowest BCUT2D eigenvalue weighted by Crippen LogP contribution is -2.25. The highest BCUT2D eigenvalue weighted by atomic mass is 127. The van der Waals surface area contributed by atoms with E-state index in [0.717, 1.165) is 7.14 Å². The molecule has 2 amide bonds. The van der Waals surface area contributed by atoms with E-state index in [0.29, 0.717) is 14.7 Å². The van der Waals surface area contributed by atoms with Gasteiger partial charge in [0.2, 0.25) is 0 Å². The van der Waals surface area contributed by atoms with Gasteiger partial charge in [0.1, 0.15) is 0 Å². The van der Waals surface area contributed by atoms with Gasteiger partial charge in [0.25, 0.3) is 11.8 Å². The number of hydrogen-bond acceptors (Lipinski definition) is 2. The predicted molar refractivity (Wildman–Crippen MR) is 91.4 cm³/mol. The molecule has 1 aromatic carbocycles. The van der Waals surface area contributed by atoms with Gasteiger partial charge in [-0.05, 0) is 73.8 Å². The Morgan fingerprint density at radius 2 is 1.29 bits per heavy atom. The quantitative estimate of drug-likeness (QED) is 0.537. The van der Waals surface area contributed by atoms with Crippen molar-refractivity contribution in [2.75, 3.05) is 14.1 Å². The molecule has 17 heavy (non-hydrogen) atoms. The fraction of sp³-hybridized carbons (Fsp3) is 0.200. The van der Waals surface area contributed by atoms with Crippen molar-refractivity contribution in [2.24, 2.45) is 0 Å². The van der Waals surface area contributed by atoms with Crippen LogP contribution >= 0.6 is 67.8 Å². The number of amides is 2. The SMILES string of the molecule is CNC(=O)c1c(I)cc(I)c(C(=O)NC)c1I. The molecular weight excluding hydrogens is 561 g/mol. The van der Waals surface area contributed by atoms with Crippen molar-refractivity contribution in [3.05, 3.63) is 27.9 Å². The molecule has 7 heteroatoms. The molecule has 0 radical (unpaired) electrons. The van der Waals surface area contributed by atoms with Crippen LogP contribution in [-0.2, 0) is 0 Å². The summed E-state index contributed by atoms with van der Waals surface area (Å²) in [7, 11) is 3.15. The van der Waals surface area contributed by atoms with Gasteiger partial charge in [-0.25, -0.2) is 0 Å². The summed E-state index contributed by atoms with van der Waals surface area (Å²) in [5.74, 6) is -0.360. The van der Waals surface area contributed by atoms with E-state index in [1.807, 2.05) is 28.7 Å². The van der Waals surface area contributed by atoms with Crippen molar-refractivity contribution in [1.82, 2.24) is 10.6 Å². The number of halogens is 3. The van der Waals surface area contributed by atoms with E-state index in [4.69, 9.17) is 0 Å². The van der Waals surface area contributed by atoms with Gasteiger partial charge in [0, 0.05) is 24.8 Å². The first-order valence-corrected chi connectivity index (χ1v) is 7.79. The van der Waals surface area contributed by atoms with Crippen molar-refractivity contribution in [3.8, 4) is 0 Å². The number of carbonyl (C=O) groups excluding carboxylic acids is 2. The summed E-state index contributed by atoms with van der Waals surface area (Å²) in [5, 5.41) is 5.17. The van der Waals surface area contributed by atoms with Gasteiger partial charge in [-0.3, -0.25) is 9.59 Å². The van der Waals surface area contributed by atoms with Crippen LogP contribution in [0.25, 0.3) is 0 Å². The lowest BCUT2D eigenvalue weighted by molar-refractivity contribution is 0.0961. The molecule has 1 rings (SSSR count). The van der Waals surface area contributed by atoms with Crippen LogP contribution in [0, 0.1) is 10.7 Å². The molecule has 0 unspecified atom stereocenters. The van der Waals surface area contributed by atoms with Crippen LogP contribution in [0.3, 0.4) is 0 Å². The van der Waals surface area contributed by atoms with Gasteiger partial charge < -0.3 is 10.6 Å². The van der Waals surface area contributed by atoms with Gasteiger partial charge in [0.15, 0.2) is 0 Å². The number of rotatable bonds is 2. The maximum absolute atomic E-state index is 11.8. The second-order valence-electron chi connectivity index (χ2n) is 3.06. The lowest BCUT2D eigenvalue weighted by atomic mass is 10.1. The second kappa shape index (κ2) is 6.50. The molecule has 0 aliphatic rings. The summed E-state index contributed by atoms with van der Waals surface area (Å²) in [5.41, 5.74) is 1.10. The van der Waals surface area contributed by atoms with Crippen molar-refractivity contribution >= 4 is 79.6 Å². The monoisotopic (exact) mass is 570 g/mol. The van der Waals surface area contributed by atoms with E-state index >= 15 is 0 Å². The third-order valence-corrected chi connectivity index (χ3v) is 4.86. The zero-order valence-electron chi connectivity index (χ0n) is 9.03. The summed E-state index contributed by atoms with van der Waals surface area (Å²) in [4.78, 5) is 23.5. The molecule has 0 bridgehead atoms. The second-order valence-corrected chi connectivity index (χ2v) is 6.47. The Balaban J connectivity index is 3.54. The van der Waals surface area contributed by atoms with Gasteiger partial charge in [-0.1, -0.05) is 0 Å². The Morgan fingerprint density at radius 1 is 0.941 bits per heavy atom. The van der Waals surface area contributed by atoms with E-state index in [-0.39, 0.29) is 11.8 Å². The highest BCUT2D eigenvalue weighted by molar-refractivity contribution is 14.1. The highest BCUT2D eigenvalue weighted by Gasteiger charge is 2.22. The van der Waals surface area contributed by atoms with Gasteiger partial charge in [-0.15, -0.1) is 0 Å². The van der Waals surface area contributed by atoms with Crippen molar-refractivity contribution in [1.29, 1.82) is 0 Å². The van der Waals surface area contributed by atoms with E-state index in [2.05, 4.69) is 55.8 Å². The standard InChI is InChI=1S/C10H9I3N2O2/c1-14-9(16)6-4(11)3-5(12)7(8(6)13)10(17)15-2/h3H,1-2H3,(H,14,16)(H,15,17). The maximum Gasteiger partial charge on any atom is 0.253 e. The smallest absolute Gasteiger partial charge is 0.253 e. The zero-order valence-corrected chi connectivity index (χ0v) is 15.5. The summed E-state index contributed by atoms with van der Waals surface area (Å²) in [6, 6.07) is 1.83. The summed E-state index contributed by atoms with van der Waals surface area (Å²) in [6.45, 7) is 0. The van der Waals surface area contributed by atoms with Crippen molar-refractivity contribution in [3.63, 3.8) is 0 Å². The summed E-state index contributed by atoms with van der Waals surface area (Å²) >= 11 is 6.24. The maximum atomic E-state index is 11.8. The Kier molecular flexibility index (Phi) is 5.89. The van der Waals surface area contributed by atoms with Crippen LogP contribution in [0.5, 0.6) is 0 Å². The first kappa shape index (κ1) is 15.4. The molecule has 92 valence electrons. The van der Waals surface area contributed by atoms with Crippen LogP contribution in [0.2, 0.25) is 0 Å². The zero-order chi connectivity index (χ0) is 13.2. The average Bonchev–Trinajstić information content (AvgIpc) is 2.27. The van der Waals surface area contributed by atoms with Gasteiger partial charge in [-0.2, -0.15) is 0 Å². The van der Waals surface area contributed by atoms with Gasteiger partial charge in [0.05, 0.1) is 11.1 Å². The normalized spacial score (nSPS) is 9.94. The Hall–Kier alpha value is 0.350. The molecule has 0 atom stereocenters. The Labute approximate surface area is 140 Å². The van der Waals surface area contributed by atoms with Crippen molar-refractivity contribution < 1.29 is 9.59 Å². The Morgan fingerprint density at radius 3 is 1.59 bits per heavy atom. The molecule has 0 heterocycles. The van der Waals surface area contributed by atoms with E-state index in [9.17, 15) is 9.59 Å². The third-order valence-electron chi connectivity index (χ3n) is 2.08. The molecule has 4 nitrogen and oxygen atoms in total. The molecule has 0 fully saturated rings. The topological polar surface area (TPSA) is 58.2 Å². The average molecular weight is 570 g/mol. The number of nitrogens with one attached hydrogen (secondary N) is 2. The first-order valence-electron chi connectivity index (χ1n) is 4.55. The first-order chi connectivity index (χ1) is 7.93. The minimum absolute atomic E-state index is 0.180. The van der Waals surface area contributed by atoms with Crippen LogP contribution in [0.1, 0.15) is 20.7 Å². The summed E-state index contributed by atoms with van der Waals surface area (Å²) in [6.07, 6.45) is 0. The van der Waals surface area contributed by atoms with E-state index in [1.165, 1.54) is 0 Å². The molecule has 2 N–H and O–H groups in total. The molecular formula is C10H9I3N2O2. The van der Waals surface area contributed by atoms with Crippen molar-refractivity contribution in [2.45, 2.75) is 0 Å². The Bertz CT molecular complexity index is 449. The van der Waals surface area contributed by atoms with E-state index in [1.54, 1.807) is 14.1 Å². The predicted octanol–water partition coefficient (Wildman–Crippen LogP) is 2.22. The van der Waals surface area contributed by atoms with Crippen LogP contribution in [0.4, 0.5) is 0 Å². The molecule has 0 aliphatic heterocycles. The minimum Gasteiger partial charge on any atom is -0.355 e. The molecule has 0 aromatic heterocycles. The third kappa shape index (κ3) is 3.22. The molecule has 0 saturated carbocycles. The molecule has 0 aliphatic carbocycles. The highest BCUT2D eigenvalue weighted by Crippen LogP contribution is 2.27. The molecule has 0 saturated heterocycles. The van der Waals surface area contributed by atoms with E-state index < -0.39 is 0 Å². The fourth-order valence-electron chi connectivity index (χ4n) is 1.26. The van der Waals surface area contributed by atoms with Crippen LogP contribution in [0.15, 0.2) is 6.07 Å².